The van der Waals surface area contributed by atoms with Crippen LogP contribution >= 0.6 is 0 Å². The molecule has 1 aromatic heterocycles. The minimum absolute atomic E-state index is 0.0939. The molecule has 0 radical (unpaired) electrons. The molecule has 0 saturated carbocycles. The molecule has 0 aliphatic carbocycles. The van der Waals surface area contributed by atoms with Gasteiger partial charge in [-0.1, -0.05) is 6.08 Å². The van der Waals surface area contributed by atoms with Crippen LogP contribution in [0, 0.1) is 0 Å². The van der Waals surface area contributed by atoms with Crippen molar-refractivity contribution in [1.82, 2.24) is 4.57 Å². The number of benzene rings is 1. The van der Waals surface area contributed by atoms with Gasteiger partial charge in [-0.15, -0.1) is 6.58 Å². The summed E-state index contributed by atoms with van der Waals surface area (Å²) in [6.45, 7) is 5.65. The summed E-state index contributed by atoms with van der Waals surface area (Å²) in [4.78, 5) is 22.9. The highest BCUT2D eigenvalue weighted by Gasteiger charge is 2.13. The highest BCUT2D eigenvalue weighted by atomic mass is 16.5. The minimum Gasteiger partial charge on any atom is -0.480 e. The van der Waals surface area contributed by atoms with Gasteiger partial charge in [0, 0.05) is 22.8 Å². The topological polar surface area (TPSA) is 80.6 Å². The molecule has 0 fully saturated rings. The molecule has 23 heavy (non-hydrogen) atoms. The van der Waals surface area contributed by atoms with Crippen LogP contribution in [0.25, 0.3) is 10.9 Å². The number of aliphatic carboxylic acids is 1. The number of ether oxygens (including phenoxy) is 1. The van der Waals surface area contributed by atoms with Crippen molar-refractivity contribution in [3.8, 4) is 0 Å². The van der Waals surface area contributed by atoms with Crippen LogP contribution in [0.2, 0.25) is 0 Å². The molecule has 1 heterocycles. The Kier molecular flexibility index (Phi) is 5.54. The minimum atomic E-state index is -0.898. The van der Waals surface area contributed by atoms with Crippen LogP contribution in [0.1, 0.15) is 13.3 Å². The van der Waals surface area contributed by atoms with Crippen molar-refractivity contribution >= 4 is 28.5 Å². The lowest BCUT2D eigenvalue weighted by molar-refractivity contribution is -0.137. The van der Waals surface area contributed by atoms with E-state index in [1.807, 2.05) is 12.1 Å². The summed E-state index contributed by atoms with van der Waals surface area (Å²) in [5, 5.41) is 12.5. The molecule has 0 bridgehead atoms. The van der Waals surface area contributed by atoms with E-state index in [2.05, 4.69) is 11.9 Å². The second kappa shape index (κ2) is 7.60. The van der Waals surface area contributed by atoms with Crippen molar-refractivity contribution in [3.05, 3.63) is 43.1 Å². The van der Waals surface area contributed by atoms with Crippen molar-refractivity contribution < 1.29 is 19.4 Å². The summed E-state index contributed by atoms with van der Waals surface area (Å²) in [6.07, 6.45) is 3.59. The van der Waals surface area contributed by atoms with Gasteiger partial charge in [0.15, 0.2) is 0 Å². The highest BCUT2D eigenvalue weighted by Crippen LogP contribution is 2.21. The van der Waals surface area contributed by atoms with Crippen LogP contribution in [0.5, 0.6) is 0 Å². The third kappa shape index (κ3) is 4.43. The molecule has 0 saturated heterocycles. The predicted octanol–water partition coefficient (Wildman–Crippen LogP) is 2.65. The number of amides is 1. The number of carboxylic acid groups (broad SMARTS) is 1. The van der Waals surface area contributed by atoms with Crippen LogP contribution in [-0.2, 0) is 20.9 Å². The largest absolute Gasteiger partial charge is 0.480 e. The van der Waals surface area contributed by atoms with E-state index in [0.717, 1.165) is 10.9 Å². The van der Waals surface area contributed by atoms with E-state index in [1.54, 1.807) is 35.9 Å². The molecule has 2 N–H and O–H groups in total. The monoisotopic (exact) mass is 316 g/mol. The molecule has 2 rings (SSSR count). The Morgan fingerprint density at radius 1 is 1.43 bits per heavy atom. The number of carbonyl (C=O) groups excluding carboxylic acids is 1. The van der Waals surface area contributed by atoms with Gasteiger partial charge in [0.2, 0.25) is 0 Å². The molecule has 122 valence electrons. The number of hydrogen-bond acceptors (Lipinski definition) is 3. The lowest BCUT2D eigenvalue weighted by Gasteiger charge is -2.13. The number of nitrogens with zero attached hydrogens (tertiary/aromatic N) is 1. The van der Waals surface area contributed by atoms with Crippen LogP contribution in [0.3, 0.4) is 0 Å². The third-order valence-electron chi connectivity index (χ3n) is 3.40. The lowest BCUT2D eigenvalue weighted by Crippen LogP contribution is -2.28. The van der Waals surface area contributed by atoms with Crippen LogP contribution in [0.15, 0.2) is 43.1 Å². The molecule has 1 amide bonds. The first-order valence-corrected chi connectivity index (χ1v) is 7.35. The maximum absolute atomic E-state index is 12.0. The smallest absolute Gasteiger partial charge is 0.323 e. The number of nitrogens with one attached hydrogen (secondary N) is 1. The van der Waals surface area contributed by atoms with E-state index in [0.29, 0.717) is 18.7 Å². The Balaban J connectivity index is 2.04. The van der Waals surface area contributed by atoms with Crippen molar-refractivity contribution in [1.29, 1.82) is 0 Å². The zero-order valence-electron chi connectivity index (χ0n) is 13.0. The molecule has 0 aliphatic rings. The Morgan fingerprint density at radius 2 is 2.22 bits per heavy atom. The summed E-state index contributed by atoms with van der Waals surface area (Å²) in [6, 6.07) is 7.16. The Labute approximate surface area is 134 Å². The summed E-state index contributed by atoms with van der Waals surface area (Å²) in [7, 11) is 0. The highest BCUT2D eigenvalue weighted by molar-refractivity contribution is 5.96. The first kappa shape index (κ1) is 16.8. The van der Waals surface area contributed by atoms with Crippen molar-refractivity contribution in [2.75, 3.05) is 11.9 Å². The number of aromatic nitrogens is 1. The van der Waals surface area contributed by atoms with E-state index in [-0.39, 0.29) is 12.5 Å². The first-order valence-electron chi connectivity index (χ1n) is 7.35. The van der Waals surface area contributed by atoms with Crippen LogP contribution in [0.4, 0.5) is 5.69 Å². The third-order valence-corrected chi connectivity index (χ3v) is 3.40. The molecule has 0 aliphatic heterocycles. The molecular weight excluding hydrogens is 296 g/mol. The summed E-state index contributed by atoms with van der Waals surface area (Å²) >= 11 is 0. The fraction of sp³-hybridized carbons (Fsp3) is 0.294. The van der Waals surface area contributed by atoms with E-state index in [9.17, 15) is 9.59 Å². The molecule has 6 heteroatoms. The van der Waals surface area contributed by atoms with Crippen molar-refractivity contribution in [3.63, 3.8) is 0 Å². The number of carbonyl (C=O) groups is 2. The second-order valence-corrected chi connectivity index (χ2v) is 5.19. The normalized spacial score (nSPS) is 12.0. The zero-order chi connectivity index (χ0) is 16.8. The Bertz CT molecular complexity index is 720. The molecule has 1 unspecified atom stereocenters. The van der Waals surface area contributed by atoms with Crippen molar-refractivity contribution in [2.45, 2.75) is 26.0 Å². The molecule has 0 spiro atoms. The fourth-order valence-corrected chi connectivity index (χ4v) is 2.21. The Hall–Kier alpha value is -2.60. The van der Waals surface area contributed by atoms with Gasteiger partial charge >= 0.3 is 5.97 Å². The average Bonchev–Trinajstić information content (AvgIpc) is 2.89. The standard InChI is InChI=1S/C17H20N2O4/c1-3-4-9-23-12(2)17(22)18-14-5-6-15-13(10-14)7-8-19(15)11-16(20)21/h3,5-8,10,12H,1,4,9,11H2,2H3,(H,18,22)(H,20,21). The number of carboxylic acids is 1. The van der Waals surface area contributed by atoms with Gasteiger partial charge in [-0.3, -0.25) is 9.59 Å². The van der Waals surface area contributed by atoms with E-state index >= 15 is 0 Å². The molecule has 6 nitrogen and oxygen atoms in total. The van der Waals surface area contributed by atoms with Gasteiger partial charge < -0.3 is 19.7 Å². The predicted molar refractivity (Wildman–Crippen MR) is 88.4 cm³/mol. The average molecular weight is 316 g/mol. The van der Waals surface area contributed by atoms with E-state index in [1.165, 1.54) is 0 Å². The number of rotatable bonds is 8. The zero-order valence-corrected chi connectivity index (χ0v) is 13.0. The maximum atomic E-state index is 12.0. The van der Waals surface area contributed by atoms with Crippen LogP contribution in [-0.4, -0.2) is 34.3 Å². The molecule has 1 atom stereocenters. The number of hydrogen-bond donors (Lipinski definition) is 2. The van der Waals surface area contributed by atoms with E-state index in [4.69, 9.17) is 9.84 Å². The SMILES string of the molecule is C=CCCOC(C)C(=O)Nc1ccc2c(ccn2CC(=O)O)c1. The lowest BCUT2D eigenvalue weighted by atomic mass is 10.2. The maximum Gasteiger partial charge on any atom is 0.323 e. The number of anilines is 1. The van der Waals surface area contributed by atoms with Gasteiger partial charge in [0.25, 0.3) is 5.91 Å². The quantitative estimate of drug-likeness (QED) is 0.579. The first-order chi connectivity index (χ1) is 11.0. The van der Waals surface area contributed by atoms with Gasteiger partial charge in [-0.2, -0.15) is 0 Å². The van der Waals surface area contributed by atoms with Gasteiger partial charge in [-0.25, -0.2) is 0 Å². The van der Waals surface area contributed by atoms with Gasteiger partial charge in [0.05, 0.1) is 6.61 Å². The molecule has 2 aromatic rings. The second-order valence-electron chi connectivity index (χ2n) is 5.19. The van der Waals surface area contributed by atoms with Gasteiger partial charge in [-0.05, 0) is 37.6 Å². The van der Waals surface area contributed by atoms with E-state index < -0.39 is 12.1 Å². The fourth-order valence-electron chi connectivity index (χ4n) is 2.21. The summed E-state index contributed by atoms with van der Waals surface area (Å²) < 4.78 is 7.04. The van der Waals surface area contributed by atoms with Crippen LogP contribution < -0.4 is 5.32 Å². The summed E-state index contributed by atoms with van der Waals surface area (Å²) in [5.41, 5.74) is 1.45. The molecular formula is C17H20N2O4. The van der Waals surface area contributed by atoms with Crippen molar-refractivity contribution in [2.24, 2.45) is 0 Å². The number of fused-ring (bicyclic) bond motifs is 1. The summed E-state index contributed by atoms with van der Waals surface area (Å²) in [5.74, 6) is -1.12. The Morgan fingerprint density at radius 3 is 2.91 bits per heavy atom. The molecule has 1 aromatic carbocycles. The van der Waals surface area contributed by atoms with Gasteiger partial charge in [0.1, 0.15) is 12.6 Å².